The van der Waals surface area contributed by atoms with Crippen LogP contribution in [0.15, 0.2) is 30.6 Å². The fourth-order valence-corrected chi connectivity index (χ4v) is 1.59. The smallest absolute Gasteiger partial charge is 0.405 e. The maximum Gasteiger partial charge on any atom is 0.405 e. The Kier molecular flexibility index (Phi) is 3.91. The van der Waals surface area contributed by atoms with Gasteiger partial charge in [0.1, 0.15) is 12.3 Å². The van der Waals surface area contributed by atoms with Crippen LogP contribution in [-0.4, -0.2) is 33.4 Å². The molecule has 0 aliphatic rings. The summed E-state index contributed by atoms with van der Waals surface area (Å²) in [5, 5.41) is 11.2. The normalized spacial score (nSPS) is 11.8. The number of benzene rings is 1. The van der Waals surface area contributed by atoms with Crippen LogP contribution in [0.25, 0.3) is 0 Å². The molecule has 0 spiro atoms. The molecule has 1 unspecified atom stereocenters. The van der Waals surface area contributed by atoms with E-state index >= 15 is 0 Å². The van der Waals surface area contributed by atoms with E-state index in [1.807, 2.05) is 0 Å². The van der Waals surface area contributed by atoms with Gasteiger partial charge >= 0.3 is 6.09 Å². The fourth-order valence-electron chi connectivity index (χ4n) is 1.59. The number of nitrogens with two attached hydrogens (primary N) is 1. The van der Waals surface area contributed by atoms with E-state index in [2.05, 4.69) is 15.4 Å². The van der Waals surface area contributed by atoms with E-state index in [4.69, 9.17) is 15.2 Å². The lowest BCUT2D eigenvalue weighted by atomic mass is 10.1. The number of hydrogen-bond donors (Lipinski definition) is 1. The number of carbonyl (C=O) groups is 1. The number of rotatable bonds is 5. The summed E-state index contributed by atoms with van der Waals surface area (Å²) < 4.78 is 10.1. The first-order valence-electron chi connectivity index (χ1n) is 5.50. The zero-order chi connectivity index (χ0) is 13.7. The number of amides is 1. The number of aromatic nitrogens is 4. The number of nitrogens with zero attached hydrogens (tertiary/aromatic N) is 4. The molecule has 2 N–H and O–H groups in total. The first-order valence-corrected chi connectivity index (χ1v) is 5.50. The molecule has 1 heterocycles. The molecule has 2 aromatic rings. The highest BCUT2D eigenvalue weighted by atomic mass is 16.6. The molecule has 0 bridgehead atoms. The molecule has 0 aliphatic heterocycles. The van der Waals surface area contributed by atoms with E-state index in [1.54, 1.807) is 31.4 Å². The minimum atomic E-state index is -0.860. The summed E-state index contributed by atoms with van der Waals surface area (Å²) in [6.45, 7) is 0.231. The van der Waals surface area contributed by atoms with Gasteiger partial charge in [-0.3, -0.25) is 0 Å². The lowest BCUT2D eigenvalue weighted by Crippen LogP contribution is -2.22. The maximum atomic E-state index is 10.9. The molecule has 0 saturated carbocycles. The van der Waals surface area contributed by atoms with Crippen LogP contribution in [0.2, 0.25) is 0 Å². The van der Waals surface area contributed by atoms with Crippen LogP contribution in [0, 0.1) is 0 Å². The van der Waals surface area contributed by atoms with Gasteiger partial charge in [-0.15, -0.1) is 10.2 Å². The first kappa shape index (κ1) is 12.8. The van der Waals surface area contributed by atoms with Crippen LogP contribution in [0.5, 0.6) is 5.75 Å². The summed E-state index contributed by atoms with van der Waals surface area (Å²) in [4.78, 5) is 12.3. The SMILES string of the molecule is COc1ccc(C(Cn2ncnn2)OC(N)=O)cc1. The number of methoxy groups -OCH3 is 1. The molecule has 1 atom stereocenters. The summed E-state index contributed by atoms with van der Waals surface area (Å²) in [7, 11) is 1.58. The quantitative estimate of drug-likeness (QED) is 0.843. The van der Waals surface area contributed by atoms with Gasteiger partial charge in [0.2, 0.25) is 0 Å². The highest BCUT2D eigenvalue weighted by Gasteiger charge is 2.17. The number of primary amides is 1. The van der Waals surface area contributed by atoms with Gasteiger partial charge in [-0.1, -0.05) is 12.1 Å². The van der Waals surface area contributed by atoms with Gasteiger partial charge in [0.05, 0.1) is 7.11 Å². The Labute approximate surface area is 109 Å². The monoisotopic (exact) mass is 263 g/mol. The second-order valence-corrected chi connectivity index (χ2v) is 3.69. The molecular formula is C11H13N5O3. The van der Waals surface area contributed by atoms with Crippen molar-refractivity contribution in [2.75, 3.05) is 7.11 Å². The van der Waals surface area contributed by atoms with Gasteiger partial charge in [-0.2, -0.15) is 4.80 Å². The summed E-state index contributed by atoms with van der Waals surface area (Å²) in [6, 6.07) is 7.09. The zero-order valence-corrected chi connectivity index (χ0v) is 10.3. The maximum absolute atomic E-state index is 10.9. The third-order valence-electron chi connectivity index (χ3n) is 2.47. The summed E-state index contributed by atoms with van der Waals surface area (Å²) >= 11 is 0. The van der Waals surface area contributed by atoms with Crippen LogP contribution < -0.4 is 10.5 Å². The molecule has 0 saturated heterocycles. The van der Waals surface area contributed by atoms with Crippen LogP contribution in [0.3, 0.4) is 0 Å². The Hall–Kier alpha value is -2.64. The van der Waals surface area contributed by atoms with E-state index in [9.17, 15) is 4.79 Å². The predicted octanol–water partition coefficient (Wildman–Crippen LogP) is 0.518. The second kappa shape index (κ2) is 5.80. The summed E-state index contributed by atoms with van der Waals surface area (Å²) in [5.74, 6) is 0.709. The second-order valence-electron chi connectivity index (χ2n) is 3.69. The number of hydrogen-bond acceptors (Lipinski definition) is 6. The minimum Gasteiger partial charge on any atom is -0.497 e. The Morgan fingerprint density at radius 1 is 1.42 bits per heavy atom. The predicted molar refractivity (Wildman–Crippen MR) is 64.2 cm³/mol. The average molecular weight is 263 g/mol. The summed E-state index contributed by atoms with van der Waals surface area (Å²) in [5.41, 5.74) is 5.83. The molecule has 100 valence electrons. The van der Waals surface area contributed by atoms with Crippen LogP contribution in [0.4, 0.5) is 4.79 Å². The molecule has 19 heavy (non-hydrogen) atoms. The lowest BCUT2D eigenvalue weighted by molar-refractivity contribution is 0.0900. The van der Waals surface area contributed by atoms with Crippen molar-refractivity contribution in [1.29, 1.82) is 0 Å². The van der Waals surface area contributed by atoms with E-state index in [0.29, 0.717) is 5.75 Å². The van der Waals surface area contributed by atoms with Gasteiger partial charge in [0.15, 0.2) is 12.4 Å². The Morgan fingerprint density at radius 2 is 2.16 bits per heavy atom. The topological polar surface area (TPSA) is 105 Å². The number of carbonyl (C=O) groups excluding carboxylic acids is 1. The molecule has 8 nitrogen and oxygen atoms in total. The minimum absolute atomic E-state index is 0.231. The van der Waals surface area contributed by atoms with Crippen molar-refractivity contribution in [1.82, 2.24) is 20.2 Å². The highest BCUT2D eigenvalue weighted by Crippen LogP contribution is 2.21. The van der Waals surface area contributed by atoms with Crippen molar-refractivity contribution in [3.8, 4) is 5.75 Å². The molecule has 1 aromatic carbocycles. The molecule has 1 amide bonds. The zero-order valence-electron chi connectivity index (χ0n) is 10.3. The van der Waals surface area contributed by atoms with Crippen LogP contribution in [0.1, 0.15) is 11.7 Å². The third-order valence-corrected chi connectivity index (χ3v) is 2.47. The molecule has 2 rings (SSSR count). The van der Waals surface area contributed by atoms with Crippen molar-refractivity contribution in [2.45, 2.75) is 12.6 Å². The Bertz CT molecular complexity index is 526. The Balaban J connectivity index is 2.17. The highest BCUT2D eigenvalue weighted by molar-refractivity contribution is 5.65. The Morgan fingerprint density at radius 3 is 2.68 bits per heavy atom. The lowest BCUT2D eigenvalue weighted by Gasteiger charge is -2.16. The van der Waals surface area contributed by atoms with E-state index in [0.717, 1.165) is 5.56 Å². The molecule has 0 radical (unpaired) electrons. The van der Waals surface area contributed by atoms with Crippen LogP contribution >= 0.6 is 0 Å². The van der Waals surface area contributed by atoms with Gasteiger partial charge in [-0.25, -0.2) is 4.79 Å². The number of ether oxygens (including phenoxy) is 2. The average Bonchev–Trinajstić information content (AvgIpc) is 2.90. The van der Waals surface area contributed by atoms with E-state index in [1.165, 1.54) is 11.1 Å². The largest absolute Gasteiger partial charge is 0.497 e. The van der Waals surface area contributed by atoms with Gasteiger partial charge in [0.25, 0.3) is 0 Å². The van der Waals surface area contributed by atoms with Crippen molar-refractivity contribution in [3.63, 3.8) is 0 Å². The van der Waals surface area contributed by atoms with Gasteiger partial charge < -0.3 is 15.2 Å². The summed E-state index contributed by atoms with van der Waals surface area (Å²) in [6.07, 6.45) is -0.145. The number of tetrazole rings is 1. The van der Waals surface area contributed by atoms with Crippen molar-refractivity contribution < 1.29 is 14.3 Å². The van der Waals surface area contributed by atoms with Crippen LogP contribution in [-0.2, 0) is 11.3 Å². The molecule has 0 aliphatic carbocycles. The van der Waals surface area contributed by atoms with E-state index < -0.39 is 12.2 Å². The van der Waals surface area contributed by atoms with Gasteiger partial charge in [-0.05, 0) is 22.9 Å². The molecule has 8 heteroatoms. The first-order chi connectivity index (χ1) is 9.19. The molecule has 0 fully saturated rings. The van der Waals surface area contributed by atoms with E-state index in [-0.39, 0.29) is 6.54 Å². The van der Waals surface area contributed by atoms with Gasteiger partial charge in [0, 0.05) is 0 Å². The van der Waals surface area contributed by atoms with Crippen molar-refractivity contribution in [2.24, 2.45) is 5.73 Å². The third kappa shape index (κ3) is 3.41. The fraction of sp³-hybridized carbons (Fsp3) is 0.273. The molecule has 1 aromatic heterocycles. The van der Waals surface area contributed by atoms with Crippen molar-refractivity contribution in [3.05, 3.63) is 36.2 Å². The standard InChI is InChI=1S/C11H13N5O3/c1-18-9-4-2-8(3-5-9)10(19-11(12)17)6-16-14-7-13-15-16/h2-5,7,10H,6H2,1H3,(H2,12,17). The van der Waals surface area contributed by atoms with Crippen molar-refractivity contribution >= 4 is 6.09 Å². The molecular weight excluding hydrogens is 250 g/mol.